The van der Waals surface area contributed by atoms with Crippen molar-refractivity contribution in [2.24, 2.45) is 0 Å². The summed E-state index contributed by atoms with van der Waals surface area (Å²) in [6, 6.07) is 5.84. The number of nitrogens with one attached hydrogen (secondary N) is 1. The maximum atomic E-state index is 14.0. The Hall–Kier alpha value is -1.38. The molecule has 30 heavy (non-hydrogen) atoms. The van der Waals surface area contributed by atoms with E-state index >= 15 is 0 Å². The molecule has 0 saturated carbocycles. The molecule has 4 rings (SSSR count). The lowest BCUT2D eigenvalue weighted by molar-refractivity contribution is -0.0242. The highest BCUT2D eigenvalue weighted by Crippen LogP contribution is 2.43. The summed E-state index contributed by atoms with van der Waals surface area (Å²) in [6.07, 6.45) is 1.32. The smallest absolute Gasteiger partial charge is 0.159 e. The number of rotatable bonds is 5. The monoisotopic (exact) mass is 466 g/mol. The fourth-order valence-corrected chi connectivity index (χ4v) is 4.40. The Balaban J connectivity index is 0.00000160. The molecule has 0 spiro atoms. The topological polar surface area (TPSA) is 24.5 Å². The van der Waals surface area contributed by atoms with Gasteiger partial charge in [0.1, 0.15) is 11.6 Å². The van der Waals surface area contributed by atoms with Crippen molar-refractivity contribution in [1.82, 2.24) is 10.2 Å². The quantitative estimate of drug-likeness (QED) is 0.662. The number of hydrogen-bond donors (Lipinski definition) is 1. The average molecular weight is 467 g/mol. The van der Waals surface area contributed by atoms with Gasteiger partial charge in [0, 0.05) is 32.2 Å². The fourth-order valence-electron chi connectivity index (χ4n) is 4.40. The van der Waals surface area contributed by atoms with Crippen LogP contribution in [0.5, 0.6) is 0 Å². The van der Waals surface area contributed by atoms with E-state index in [9.17, 15) is 17.6 Å². The van der Waals surface area contributed by atoms with Crippen LogP contribution in [0.25, 0.3) is 0 Å². The molecule has 1 unspecified atom stereocenters. The maximum Gasteiger partial charge on any atom is 0.159 e. The molecule has 0 bridgehead atoms. The van der Waals surface area contributed by atoms with Crippen LogP contribution >= 0.6 is 24.8 Å². The van der Waals surface area contributed by atoms with Gasteiger partial charge in [-0.3, -0.25) is 4.90 Å². The lowest BCUT2D eigenvalue weighted by Gasteiger charge is -2.44. The summed E-state index contributed by atoms with van der Waals surface area (Å²) in [5.41, 5.74) is 1.37. The fraction of sp³-hybridized carbons (Fsp3) is 0.429. The molecule has 1 N–H and O–H groups in total. The molecule has 2 aromatic carbocycles. The van der Waals surface area contributed by atoms with Crippen molar-refractivity contribution in [2.75, 3.05) is 32.8 Å². The molecular formula is C21H24Cl2F4N2O. The minimum atomic E-state index is -0.868. The molecule has 1 fully saturated rings. The predicted molar refractivity (Wildman–Crippen MR) is 111 cm³/mol. The molecule has 0 amide bonds. The number of benzene rings is 2. The first-order valence-corrected chi connectivity index (χ1v) is 9.45. The van der Waals surface area contributed by atoms with Crippen molar-refractivity contribution in [3.05, 3.63) is 70.3 Å². The summed E-state index contributed by atoms with van der Waals surface area (Å²) in [6.45, 7) is 3.41. The number of hydrogen-bond acceptors (Lipinski definition) is 3. The van der Waals surface area contributed by atoms with Crippen LogP contribution < -0.4 is 5.32 Å². The number of piperazine rings is 1. The highest BCUT2D eigenvalue weighted by atomic mass is 35.5. The van der Waals surface area contributed by atoms with Gasteiger partial charge in [0.2, 0.25) is 0 Å². The van der Waals surface area contributed by atoms with E-state index in [1.165, 1.54) is 24.3 Å². The molecule has 166 valence electrons. The molecule has 3 nitrogen and oxygen atoms in total. The third-order valence-corrected chi connectivity index (χ3v) is 5.71. The van der Waals surface area contributed by atoms with Gasteiger partial charge in [0.25, 0.3) is 0 Å². The molecule has 0 radical (unpaired) electrons. The second kappa shape index (κ2) is 10.3. The Bertz CT molecular complexity index is 860. The van der Waals surface area contributed by atoms with E-state index < -0.39 is 28.8 Å². The SMILES string of the molecule is Cl.Cl.Fc1cc(F)cc(COCC2(N3CCNCC3)CCc3cc(F)c(F)cc32)c1. The zero-order valence-electron chi connectivity index (χ0n) is 16.2. The number of aryl methyl sites for hydroxylation is 1. The Kier molecular flexibility index (Phi) is 8.53. The Morgan fingerprint density at radius 3 is 2.20 bits per heavy atom. The molecule has 1 atom stereocenters. The standard InChI is InChI=1S/C21H22F4N2O.2ClH/c22-16-7-14(8-17(23)10-16)12-28-13-21(27-5-3-26-4-6-27)2-1-15-9-19(24)20(25)11-18(15)21;;/h7-11,26H,1-6,12-13H2;2*1H. The summed E-state index contributed by atoms with van der Waals surface area (Å²) in [7, 11) is 0. The van der Waals surface area contributed by atoms with Crippen LogP contribution in [0.3, 0.4) is 0 Å². The van der Waals surface area contributed by atoms with Crippen molar-refractivity contribution >= 4 is 24.8 Å². The largest absolute Gasteiger partial charge is 0.374 e. The summed E-state index contributed by atoms with van der Waals surface area (Å²) >= 11 is 0. The van der Waals surface area contributed by atoms with Gasteiger partial charge in [-0.2, -0.15) is 0 Å². The van der Waals surface area contributed by atoms with Crippen molar-refractivity contribution < 1.29 is 22.3 Å². The first-order chi connectivity index (χ1) is 13.5. The van der Waals surface area contributed by atoms with Gasteiger partial charge in [0.05, 0.1) is 18.8 Å². The van der Waals surface area contributed by atoms with Gasteiger partial charge in [0.15, 0.2) is 11.6 Å². The first-order valence-electron chi connectivity index (χ1n) is 9.45. The van der Waals surface area contributed by atoms with Crippen LogP contribution in [0.4, 0.5) is 17.6 Å². The third kappa shape index (κ3) is 4.92. The van der Waals surface area contributed by atoms with Gasteiger partial charge in [-0.25, -0.2) is 17.6 Å². The van der Waals surface area contributed by atoms with Crippen LogP contribution in [0.1, 0.15) is 23.1 Å². The lowest BCUT2D eigenvalue weighted by Crippen LogP contribution is -2.55. The lowest BCUT2D eigenvalue weighted by atomic mass is 9.89. The summed E-state index contributed by atoms with van der Waals surface area (Å²) in [4.78, 5) is 2.25. The number of nitrogens with zero attached hydrogens (tertiary/aromatic N) is 1. The Labute approximate surface area is 185 Å². The van der Waals surface area contributed by atoms with Gasteiger partial charge in [-0.1, -0.05) is 0 Å². The van der Waals surface area contributed by atoms with Crippen molar-refractivity contribution in [3.8, 4) is 0 Å². The van der Waals surface area contributed by atoms with Crippen molar-refractivity contribution in [1.29, 1.82) is 0 Å². The van der Waals surface area contributed by atoms with Gasteiger partial charge in [-0.15, -0.1) is 24.8 Å². The molecule has 2 aromatic rings. The van der Waals surface area contributed by atoms with E-state index in [1.54, 1.807) is 0 Å². The molecule has 1 saturated heterocycles. The third-order valence-electron chi connectivity index (χ3n) is 5.71. The maximum absolute atomic E-state index is 14.0. The van der Waals surface area contributed by atoms with E-state index in [0.717, 1.165) is 43.4 Å². The highest BCUT2D eigenvalue weighted by molar-refractivity contribution is 5.85. The van der Waals surface area contributed by atoms with E-state index in [2.05, 4.69) is 10.2 Å². The first kappa shape index (κ1) is 24.9. The number of halogens is 6. The summed E-state index contributed by atoms with van der Waals surface area (Å²) < 4.78 is 60.5. The van der Waals surface area contributed by atoms with Gasteiger partial charge in [-0.05, 0) is 53.8 Å². The molecule has 1 aliphatic heterocycles. The normalized spacial score (nSPS) is 20.9. The van der Waals surface area contributed by atoms with Gasteiger partial charge >= 0.3 is 0 Å². The van der Waals surface area contributed by atoms with Crippen LogP contribution in [0, 0.1) is 23.3 Å². The molecule has 1 heterocycles. The number of fused-ring (bicyclic) bond motifs is 1. The minimum absolute atomic E-state index is 0. The zero-order valence-corrected chi connectivity index (χ0v) is 17.9. The molecule has 9 heteroatoms. The van der Waals surface area contributed by atoms with Crippen LogP contribution in [0.2, 0.25) is 0 Å². The van der Waals surface area contributed by atoms with Crippen LogP contribution in [-0.2, 0) is 23.3 Å². The van der Waals surface area contributed by atoms with E-state index in [0.29, 0.717) is 18.4 Å². The average Bonchev–Trinajstić information content (AvgIpc) is 3.01. The van der Waals surface area contributed by atoms with Crippen LogP contribution in [-0.4, -0.2) is 37.7 Å². The summed E-state index contributed by atoms with van der Waals surface area (Å²) in [5.74, 6) is -3.02. The predicted octanol–water partition coefficient (Wildman–Crippen LogP) is 4.35. The highest BCUT2D eigenvalue weighted by Gasteiger charge is 2.45. The van der Waals surface area contributed by atoms with Crippen LogP contribution in [0.15, 0.2) is 30.3 Å². The van der Waals surface area contributed by atoms with E-state index in [1.807, 2.05) is 0 Å². The molecular weight excluding hydrogens is 443 g/mol. The summed E-state index contributed by atoms with van der Waals surface area (Å²) in [5, 5.41) is 3.29. The molecule has 2 aliphatic rings. The van der Waals surface area contributed by atoms with Crippen molar-refractivity contribution in [3.63, 3.8) is 0 Å². The molecule has 0 aromatic heterocycles. The van der Waals surface area contributed by atoms with Crippen molar-refractivity contribution in [2.45, 2.75) is 25.0 Å². The van der Waals surface area contributed by atoms with E-state index in [-0.39, 0.29) is 38.0 Å². The van der Waals surface area contributed by atoms with E-state index in [4.69, 9.17) is 4.74 Å². The second-order valence-corrected chi connectivity index (χ2v) is 7.46. The van der Waals surface area contributed by atoms with Gasteiger partial charge < -0.3 is 10.1 Å². The number of ether oxygens (including phenoxy) is 1. The Morgan fingerprint density at radius 1 is 0.900 bits per heavy atom. The second-order valence-electron chi connectivity index (χ2n) is 7.46. The Morgan fingerprint density at radius 2 is 1.53 bits per heavy atom. The zero-order chi connectivity index (χ0) is 19.7. The minimum Gasteiger partial charge on any atom is -0.374 e. The molecule has 1 aliphatic carbocycles.